The molecule has 0 aliphatic carbocycles. The van der Waals surface area contributed by atoms with Crippen LogP contribution in [0.4, 0.5) is 17.3 Å². The topological polar surface area (TPSA) is 76.1 Å². The van der Waals surface area contributed by atoms with Gasteiger partial charge in [0.05, 0.1) is 7.11 Å². The number of amides is 1. The first kappa shape index (κ1) is 16.4. The largest absolute Gasteiger partial charge is 0.497 e. The molecule has 6 heteroatoms. The molecule has 0 aliphatic rings. The van der Waals surface area contributed by atoms with Crippen LogP contribution in [0.2, 0.25) is 0 Å². The Morgan fingerprint density at radius 3 is 2.44 bits per heavy atom. The fraction of sp³-hybridized carbons (Fsp3) is 0.105. The van der Waals surface area contributed by atoms with E-state index in [1.165, 1.54) is 0 Å². The first-order chi connectivity index (χ1) is 12.1. The van der Waals surface area contributed by atoms with Gasteiger partial charge in [0.25, 0.3) is 5.91 Å². The normalized spacial score (nSPS) is 10.2. The number of aromatic nitrogens is 2. The van der Waals surface area contributed by atoms with Crippen LogP contribution < -0.4 is 15.4 Å². The summed E-state index contributed by atoms with van der Waals surface area (Å²) in [5.41, 5.74) is 2.45. The van der Waals surface area contributed by atoms with E-state index in [0.717, 1.165) is 17.0 Å². The number of carbonyl (C=O) groups is 1. The molecule has 0 saturated carbocycles. The molecule has 25 heavy (non-hydrogen) atoms. The average Bonchev–Trinajstić information content (AvgIpc) is 2.63. The maximum absolute atomic E-state index is 12.2. The zero-order valence-corrected chi connectivity index (χ0v) is 14.0. The number of rotatable bonds is 5. The van der Waals surface area contributed by atoms with Gasteiger partial charge in [-0.3, -0.25) is 4.79 Å². The van der Waals surface area contributed by atoms with Gasteiger partial charge in [-0.05, 0) is 43.3 Å². The number of hydrogen-bond donors (Lipinski definition) is 2. The van der Waals surface area contributed by atoms with E-state index in [1.54, 1.807) is 25.3 Å². The van der Waals surface area contributed by atoms with Gasteiger partial charge in [0.15, 0.2) is 11.6 Å². The molecule has 3 aromatic rings. The molecule has 2 N–H and O–H groups in total. The first-order valence-corrected chi connectivity index (χ1v) is 7.77. The molecule has 0 radical (unpaired) electrons. The highest BCUT2D eigenvalue weighted by atomic mass is 16.5. The van der Waals surface area contributed by atoms with Gasteiger partial charge in [-0.1, -0.05) is 23.8 Å². The molecule has 1 heterocycles. The van der Waals surface area contributed by atoms with Crippen LogP contribution in [0, 0.1) is 6.92 Å². The molecular weight excluding hydrogens is 316 g/mol. The molecule has 0 saturated heterocycles. The summed E-state index contributed by atoms with van der Waals surface area (Å²) in [7, 11) is 1.62. The third-order valence-electron chi connectivity index (χ3n) is 3.53. The third kappa shape index (κ3) is 4.32. The standard InChI is InChI=1S/C19H18N4O2/c1-13-5-3-6-14(11-13)19(24)21-18-10-9-17(22-23-18)20-15-7-4-8-16(12-15)25-2/h3-12H,1-2H3,(H,20,22)(H,21,23,24). The predicted molar refractivity (Wildman–Crippen MR) is 97.4 cm³/mol. The quantitative estimate of drug-likeness (QED) is 0.742. The minimum Gasteiger partial charge on any atom is -0.497 e. The van der Waals surface area contributed by atoms with Crippen LogP contribution >= 0.6 is 0 Å². The summed E-state index contributed by atoms with van der Waals surface area (Å²) in [5, 5.41) is 14.0. The molecule has 0 unspecified atom stereocenters. The minimum absolute atomic E-state index is 0.216. The SMILES string of the molecule is COc1cccc(Nc2ccc(NC(=O)c3cccc(C)c3)nn2)c1. The molecule has 3 rings (SSSR count). The van der Waals surface area contributed by atoms with Crippen molar-refractivity contribution in [2.75, 3.05) is 17.7 Å². The van der Waals surface area contributed by atoms with Gasteiger partial charge in [-0.25, -0.2) is 0 Å². The van der Waals surface area contributed by atoms with Crippen LogP contribution in [0.5, 0.6) is 5.75 Å². The summed E-state index contributed by atoms with van der Waals surface area (Å²) in [6.07, 6.45) is 0. The predicted octanol–water partition coefficient (Wildman–Crippen LogP) is 3.79. The van der Waals surface area contributed by atoms with Gasteiger partial charge in [0.1, 0.15) is 5.75 Å². The molecule has 126 valence electrons. The van der Waals surface area contributed by atoms with Gasteiger partial charge >= 0.3 is 0 Å². The molecule has 0 spiro atoms. The van der Waals surface area contributed by atoms with E-state index in [4.69, 9.17) is 4.74 Å². The molecule has 6 nitrogen and oxygen atoms in total. The number of hydrogen-bond acceptors (Lipinski definition) is 5. The number of carbonyl (C=O) groups excluding carboxylic acids is 1. The van der Waals surface area contributed by atoms with Crippen molar-refractivity contribution in [1.82, 2.24) is 10.2 Å². The summed E-state index contributed by atoms with van der Waals surface area (Å²) in [4.78, 5) is 12.2. The molecule has 1 amide bonds. The number of methoxy groups -OCH3 is 1. The maximum atomic E-state index is 12.2. The fourth-order valence-electron chi connectivity index (χ4n) is 2.29. The summed E-state index contributed by atoms with van der Waals surface area (Å²) in [6, 6.07) is 18.3. The van der Waals surface area contributed by atoms with Gasteiger partial charge in [0.2, 0.25) is 0 Å². The highest BCUT2D eigenvalue weighted by Gasteiger charge is 2.07. The van der Waals surface area contributed by atoms with E-state index in [1.807, 2.05) is 49.4 Å². The van der Waals surface area contributed by atoms with Crippen molar-refractivity contribution >= 4 is 23.2 Å². The van der Waals surface area contributed by atoms with E-state index < -0.39 is 0 Å². The Labute approximate surface area is 145 Å². The Bertz CT molecular complexity index is 879. The van der Waals surface area contributed by atoms with Gasteiger partial charge in [0, 0.05) is 17.3 Å². The Balaban J connectivity index is 1.66. The van der Waals surface area contributed by atoms with E-state index >= 15 is 0 Å². The zero-order valence-electron chi connectivity index (χ0n) is 14.0. The first-order valence-electron chi connectivity index (χ1n) is 7.77. The van der Waals surface area contributed by atoms with Crippen molar-refractivity contribution in [2.24, 2.45) is 0 Å². The Morgan fingerprint density at radius 2 is 1.72 bits per heavy atom. The number of ether oxygens (including phenoxy) is 1. The molecule has 2 aromatic carbocycles. The Morgan fingerprint density at radius 1 is 0.960 bits per heavy atom. The lowest BCUT2D eigenvalue weighted by molar-refractivity contribution is 0.102. The molecular formula is C19H18N4O2. The summed E-state index contributed by atoms with van der Waals surface area (Å²) in [5.74, 6) is 1.50. The van der Waals surface area contributed by atoms with Crippen LogP contribution in [0.15, 0.2) is 60.7 Å². The van der Waals surface area contributed by atoms with E-state index in [9.17, 15) is 4.79 Å². The van der Waals surface area contributed by atoms with E-state index in [-0.39, 0.29) is 5.91 Å². The van der Waals surface area contributed by atoms with Gasteiger partial charge < -0.3 is 15.4 Å². The lowest BCUT2D eigenvalue weighted by Crippen LogP contribution is -2.13. The minimum atomic E-state index is -0.216. The number of anilines is 3. The lowest BCUT2D eigenvalue weighted by atomic mass is 10.1. The average molecular weight is 334 g/mol. The zero-order chi connectivity index (χ0) is 17.6. The van der Waals surface area contributed by atoms with E-state index in [0.29, 0.717) is 17.2 Å². The summed E-state index contributed by atoms with van der Waals surface area (Å²) < 4.78 is 5.18. The maximum Gasteiger partial charge on any atom is 0.256 e. The van der Waals surface area contributed by atoms with Crippen molar-refractivity contribution in [2.45, 2.75) is 6.92 Å². The number of nitrogens with zero attached hydrogens (tertiary/aromatic N) is 2. The third-order valence-corrected chi connectivity index (χ3v) is 3.53. The van der Waals surface area contributed by atoms with Crippen molar-refractivity contribution in [3.05, 3.63) is 71.8 Å². The van der Waals surface area contributed by atoms with Crippen LogP contribution in [0.3, 0.4) is 0 Å². The molecule has 0 fully saturated rings. The van der Waals surface area contributed by atoms with Crippen LogP contribution in [0.1, 0.15) is 15.9 Å². The number of benzene rings is 2. The Hall–Kier alpha value is -3.41. The van der Waals surface area contributed by atoms with Crippen molar-refractivity contribution in [3.63, 3.8) is 0 Å². The number of nitrogens with one attached hydrogen (secondary N) is 2. The van der Waals surface area contributed by atoms with E-state index in [2.05, 4.69) is 20.8 Å². The van der Waals surface area contributed by atoms with Crippen molar-refractivity contribution in [1.29, 1.82) is 0 Å². The van der Waals surface area contributed by atoms with Crippen molar-refractivity contribution in [3.8, 4) is 5.75 Å². The van der Waals surface area contributed by atoms with Crippen LogP contribution in [-0.4, -0.2) is 23.2 Å². The number of aryl methyl sites for hydroxylation is 1. The highest BCUT2D eigenvalue weighted by Crippen LogP contribution is 2.20. The monoisotopic (exact) mass is 334 g/mol. The van der Waals surface area contributed by atoms with Crippen molar-refractivity contribution < 1.29 is 9.53 Å². The second-order valence-electron chi connectivity index (χ2n) is 5.48. The summed E-state index contributed by atoms with van der Waals surface area (Å²) in [6.45, 7) is 1.94. The second-order valence-corrected chi connectivity index (χ2v) is 5.48. The second kappa shape index (κ2) is 7.44. The molecule has 0 atom stereocenters. The Kier molecular flexibility index (Phi) is 4.89. The smallest absolute Gasteiger partial charge is 0.256 e. The fourth-order valence-corrected chi connectivity index (χ4v) is 2.29. The highest BCUT2D eigenvalue weighted by molar-refractivity contribution is 6.03. The molecule has 0 aliphatic heterocycles. The van der Waals surface area contributed by atoms with Gasteiger partial charge in [-0.15, -0.1) is 10.2 Å². The van der Waals surface area contributed by atoms with Crippen LogP contribution in [-0.2, 0) is 0 Å². The van der Waals surface area contributed by atoms with Crippen LogP contribution in [0.25, 0.3) is 0 Å². The summed E-state index contributed by atoms with van der Waals surface area (Å²) >= 11 is 0. The lowest BCUT2D eigenvalue weighted by Gasteiger charge is -2.08. The van der Waals surface area contributed by atoms with Gasteiger partial charge in [-0.2, -0.15) is 0 Å². The molecule has 0 bridgehead atoms. The molecule has 1 aromatic heterocycles.